The van der Waals surface area contributed by atoms with Gasteiger partial charge in [-0.2, -0.15) is 0 Å². The van der Waals surface area contributed by atoms with Gasteiger partial charge in [0.25, 0.3) is 0 Å². The van der Waals surface area contributed by atoms with E-state index in [4.69, 9.17) is 23.7 Å². The van der Waals surface area contributed by atoms with Crippen LogP contribution in [0.25, 0.3) is 0 Å². The molecule has 0 aromatic heterocycles. The number of carbonyl (C=O) groups excluding carboxylic acids is 4. The van der Waals surface area contributed by atoms with Gasteiger partial charge in [0.1, 0.15) is 18.8 Å². The van der Waals surface area contributed by atoms with Crippen LogP contribution in [-0.4, -0.2) is 67.2 Å². The molecule has 1 amide bonds. The summed E-state index contributed by atoms with van der Waals surface area (Å²) >= 11 is 0. The highest BCUT2D eigenvalue weighted by atomic mass is 16.7. The second-order valence-electron chi connectivity index (χ2n) is 9.72. The lowest BCUT2D eigenvalue weighted by molar-refractivity contribution is -0.295. The lowest BCUT2D eigenvalue weighted by atomic mass is 9.75. The molecule has 1 aliphatic heterocycles. The van der Waals surface area contributed by atoms with Gasteiger partial charge in [0.05, 0.1) is 6.10 Å². The number of hydrogen-bond donors (Lipinski definition) is 1. The monoisotopic (exact) mass is 485 g/mol. The van der Waals surface area contributed by atoms with Crippen molar-refractivity contribution in [1.29, 1.82) is 0 Å². The van der Waals surface area contributed by atoms with E-state index >= 15 is 0 Å². The number of amides is 1. The Bertz CT molecular complexity index is 740. The quantitative estimate of drug-likeness (QED) is 0.406. The summed E-state index contributed by atoms with van der Waals surface area (Å²) in [7, 11) is 0. The predicted molar refractivity (Wildman–Crippen MR) is 120 cm³/mol. The zero-order chi connectivity index (χ0) is 25.6. The molecule has 0 bridgehead atoms. The van der Waals surface area contributed by atoms with Crippen LogP contribution in [0.5, 0.6) is 0 Å². The average Bonchev–Trinajstić information content (AvgIpc) is 2.69. The number of carbonyl (C=O) groups is 4. The highest BCUT2D eigenvalue weighted by Gasteiger charge is 2.52. The standard InChI is InChI=1S/C24H39NO9/c1-12(2)18-9-8-13(3)10-19(18)33-24-21(25-14(4)26)23(32-17(7)29)22(31-16(6)28)20(34-24)11-30-15(5)27/h12-13,18-24H,8-11H2,1-7H3,(H,25,26)/t13-,18-,19-,20-,21+,22+,23-,24-/m1/s1. The van der Waals surface area contributed by atoms with Crippen molar-refractivity contribution in [3.63, 3.8) is 0 Å². The highest BCUT2D eigenvalue weighted by molar-refractivity contribution is 5.73. The van der Waals surface area contributed by atoms with Crippen LogP contribution in [-0.2, 0) is 42.9 Å². The van der Waals surface area contributed by atoms with Gasteiger partial charge in [-0.3, -0.25) is 19.2 Å². The van der Waals surface area contributed by atoms with E-state index in [-0.39, 0.29) is 18.6 Å². The lowest BCUT2D eigenvalue weighted by Crippen LogP contribution is -2.67. The zero-order valence-corrected chi connectivity index (χ0v) is 21.2. The Hall–Kier alpha value is -2.20. The molecule has 0 aromatic rings. The van der Waals surface area contributed by atoms with Crippen LogP contribution in [0.3, 0.4) is 0 Å². The van der Waals surface area contributed by atoms with Crippen molar-refractivity contribution in [2.45, 2.75) is 104 Å². The minimum atomic E-state index is -1.12. The first kappa shape index (κ1) is 28.0. The Labute approximate surface area is 201 Å². The van der Waals surface area contributed by atoms with Crippen molar-refractivity contribution in [3.05, 3.63) is 0 Å². The zero-order valence-electron chi connectivity index (χ0n) is 21.2. The van der Waals surface area contributed by atoms with Crippen LogP contribution >= 0.6 is 0 Å². The van der Waals surface area contributed by atoms with Crippen LogP contribution in [0.1, 0.15) is 67.7 Å². The number of hydrogen-bond acceptors (Lipinski definition) is 9. The van der Waals surface area contributed by atoms with E-state index in [1.165, 1.54) is 27.7 Å². The minimum Gasteiger partial charge on any atom is -0.463 e. The van der Waals surface area contributed by atoms with Crippen LogP contribution in [0.4, 0.5) is 0 Å². The van der Waals surface area contributed by atoms with Gasteiger partial charge in [0, 0.05) is 27.7 Å². The fourth-order valence-corrected chi connectivity index (χ4v) is 4.85. The van der Waals surface area contributed by atoms with E-state index in [0.717, 1.165) is 19.3 Å². The lowest BCUT2D eigenvalue weighted by Gasteiger charge is -2.47. The molecule has 194 valence electrons. The van der Waals surface area contributed by atoms with Gasteiger partial charge in [-0.15, -0.1) is 0 Å². The van der Waals surface area contributed by atoms with E-state index in [1.54, 1.807) is 0 Å². The van der Waals surface area contributed by atoms with E-state index in [0.29, 0.717) is 11.8 Å². The van der Waals surface area contributed by atoms with Crippen molar-refractivity contribution in [2.75, 3.05) is 6.61 Å². The van der Waals surface area contributed by atoms with Gasteiger partial charge in [-0.25, -0.2) is 0 Å². The van der Waals surface area contributed by atoms with E-state index in [2.05, 4.69) is 26.1 Å². The fourth-order valence-electron chi connectivity index (χ4n) is 4.85. The normalized spacial score (nSPS) is 33.6. The summed E-state index contributed by atoms with van der Waals surface area (Å²) in [5.41, 5.74) is 0. The summed E-state index contributed by atoms with van der Waals surface area (Å²) in [5.74, 6) is -1.10. The maximum Gasteiger partial charge on any atom is 0.303 e. The first-order chi connectivity index (χ1) is 15.9. The molecular formula is C24H39NO9. The topological polar surface area (TPSA) is 126 Å². The molecule has 1 saturated carbocycles. The van der Waals surface area contributed by atoms with Crippen molar-refractivity contribution in [2.24, 2.45) is 17.8 Å². The summed E-state index contributed by atoms with van der Waals surface area (Å²) in [6.07, 6.45) is -1.45. The molecule has 2 rings (SSSR count). The summed E-state index contributed by atoms with van der Waals surface area (Å²) in [5, 5.41) is 2.76. The molecule has 1 aliphatic carbocycles. The molecule has 2 aliphatic rings. The summed E-state index contributed by atoms with van der Waals surface area (Å²) in [6.45, 7) is 11.2. The second kappa shape index (κ2) is 12.5. The van der Waals surface area contributed by atoms with E-state index in [1.807, 2.05) is 0 Å². The number of esters is 3. The highest BCUT2D eigenvalue weighted by Crippen LogP contribution is 2.38. The van der Waals surface area contributed by atoms with Gasteiger partial charge >= 0.3 is 17.9 Å². The molecular weight excluding hydrogens is 446 g/mol. The van der Waals surface area contributed by atoms with Gasteiger partial charge in [-0.05, 0) is 30.6 Å². The minimum absolute atomic E-state index is 0.150. The Morgan fingerprint density at radius 1 is 0.941 bits per heavy atom. The molecule has 0 spiro atoms. The first-order valence-corrected chi connectivity index (χ1v) is 11.9. The van der Waals surface area contributed by atoms with Gasteiger partial charge in [0.2, 0.25) is 5.91 Å². The third kappa shape index (κ3) is 7.94. The molecule has 0 radical (unpaired) electrons. The molecule has 0 aromatic carbocycles. The van der Waals surface area contributed by atoms with Crippen LogP contribution in [0, 0.1) is 17.8 Å². The van der Waals surface area contributed by atoms with E-state index < -0.39 is 54.5 Å². The maximum atomic E-state index is 12.1. The molecule has 1 saturated heterocycles. The Kier molecular flexibility index (Phi) is 10.3. The van der Waals surface area contributed by atoms with Crippen LogP contribution in [0.2, 0.25) is 0 Å². The van der Waals surface area contributed by atoms with E-state index in [9.17, 15) is 19.2 Å². The Morgan fingerprint density at radius 2 is 1.56 bits per heavy atom. The van der Waals surface area contributed by atoms with Gasteiger partial charge in [0.15, 0.2) is 18.5 Å². The molecule has 34 heavy (non-hydrogen) atoms. The SMILES string of the molecule is CC(=O)N[C@@H]1[C@H](O[C@@H]2C[C@H](C)CC[C@@H]2C(C)C)O[C@H](COC(C)=O)[C@H](OC(C)=O)[C@@H]1OC(C)=O. The van der Waals surface area contributed by atoms with Crippen molar-refractivity contribution in [1.82, 2.24) is 5.32 Å². The molecule has 2 fully saturated rings. The second-order valence-corrected chi connectivity index (χ2v) is 9.72. The Balaban J connectivity index is 2.43. The number of nitrogens with one attached hydrogen (secondary N) is 1. The molecule has 10 heteroatoms. The number of ether oxygens (including phenoxy) is 5. The molecule has 1 N–H and O–H groups in total. The summed E-state index contributed by atoms with van der Waals surface area (Å²) in [4.78, 5) is 47.4. The molecule has 10 nitrogen and oxygen atoms in total. The largest absolute Gasteiger partial charge is 0.463 e. The van der Waals surface area contributed by atoms with Gasteiger partial charge in [-0.1, -0.05) is 27.2 Å². The molecule has 0 unspecified atom stereocenters. The van der Waals surface area contributed by atoms with Crippen LogP contribution in [0.15, 0.2) is 0 Å². The average molecular weight is 486 g/mol. The smallest absolute Gasteiger partial charge is 0.303 e. The summed E-state index contributed by atoms with van der Waals surface area (Å²) < 4.78 is 28.8. The Morgan fingerprint density at radius 3 is 2.09 bits per heavy atom. The third-order valence-corrected chi connectivity index (χ3v) is 6.34. The fraction of sp³-hybridized carbons (Fsp3) is 0.833. The summed E-state index contributed by atoms with van der Waals surface area (Å²) in [6, 6.07) is -0.940. The van der Waals surface area contributed by atoms with Gasteiger partial charge < -0.3 is 29.0 Å². The predicted octanol–water partition coefficient (Wildman–Crippen LogP) is 2.12. The molecule has 8 atom stereocenters. The van der Waals surface area contributed by atoms with Crippen molar-refractivity contribution < 1.29 is 42.9 Å². The van der Waals surface area contributed by atoms with Crippen molar-refractivity contribution >= 4 is 23.8 Å². The molecule has 1 heterocycles. The maximum absolute atomic E-state index is 12.1. The third-order valence-electron chi connectivity index (χ3n) is 6.34. The first-order valence-electron chi connectivity index (χ1n) is 11.9. The van der Waals surface area contributed by atoms with Crippen LogP contribution < -0.4 is 5.32 Å². The van der Waals surface area contributed by atoms with Crippen molar-refractivity contribution in [3.8, 4) is 0 Å². The number of rotatable bonds is 8.